The van der Waals surface area contributed by atoms with Gasteiger partial charge in [0.05, 0.1) is 11.1 Å². The van der Waals surface area contributed by atoms with E-state index in [9.17, 15) is 23.1 Å². The van der Waals surface area contributed by atoms with Gasteiger partial charge in [-0.15, -0.1) is 11.8 Å². The third kappa shape index (κ3) is 7.14. The van der Waals surface area contributed by atoms with Gasteiger partial charge >= 0.3 is 12.1 Å². The summed E-state index contributed by atoms with van der Waals surface area (Å²) in [6.45, 7) is 7.01. The second kappa shape index (κ2) is 10.2. The van der Waals surface area contributed by atoms with E-state index in [0.29, 0.717) is 29.9 Å². The van der Waals surface area contributed by atoms with Crippen molar-refractivity contribution in [2.24, 2.45) is 5.92 Å². The number of halogens is 3. The van der Waals surface area contributed by atoms with Crippen molar-refractivity contribution in [2.45, 2.75) is 56.8 Å². The predicted octanol–water partition coefficient (Wildman–Crippen LogP) is 5.97. The first-order valence-corrected chi connectivity index (χ1v) is 10.7. The SMILES string of the molecule is CC(C)CCN1C=CC=C(C(=O)O)C1SC(C)CCc1cccc(C(F)(F)F)c1. The van der Waals surface area contributed by atoms with E-state index in [1.807, 2.05) is 13.1 Å². The molecular formula is C22H28F3NO2S. The topological polar surface area (TPSA) is 40.5 Å². The predicted molar refractivity (Wildman–Crippen MR) is 112 cm³/mol. The molecule has 1 heterocycles. The minimum absolute atomic E-state index is 0.0883. The lowest BCUT2D eigenvalue weighted by atomic mass is 10.1. The number of benzene rings is 1. The molecule has 2 atom stereocenters. The van der Waals surface area contributed by atoms with Gasteiger partial charge < -0.3 is 10.0 Å². The van der Waals surface area contributed by atoms with Crippen LogP contribution in [0.4, 0.5) is 13.2 Å². The van der Waals surface area contributed by atoms with Crippen LogP contribution in [0.3, 0.4) is 0 Å². The van der Waals surface area contributed by atoms with Crippen LogP contribution in [0.15, 0.2) is 48.2 Å². The molecule has 0 fully saturated rings. The maximum absolute atomic E-state index is 12.9. The molecular weight excluding hydrogens is 399 g/mol. The monoisotopic (exact) mass is 427 g/mol. The van der Waals surface area contributed by atoms with E-state index < -0.39 is 17.7 Å². The van der Waals surface area contributed by atoms with Crippen LogP contribution in [0.1, 0.15) is 44.7 Å². The number of thioether (sulfide) groups is 1. The Bertz CT molecular complexity index is 759. The molecule has 1 aliphatic heterocycles. The Kier molecular flexibility index (Phi) is 8.25. The van der Waals surface area contributed by atoms with E-state index in [-0.39, 0.29) is 10.6 Å². The van der Waals surface area contributed by atoms with Crippen LogP contribution in [0.2, 0.25) is 0 Å². The normalized spacial score (nSPS) is 18.1. The van der Waals surface area contributed by atoms with E-state index in [1.54, 1.807) is 30.0 Å². The highest BCUT2D eigenvalue weighted by Crippen LogP contribution is 2.33. The summed E-state index contributed by atoms with van der Waals surface area (Å²) in [6, 6.07) is 5.40. The Morgan fingerprint density at radius 1 is 1.24 bits per heavy atom. The lowest BCUT2D eigenvalue weighted by Crippen LogP contribution is -2.36. The summed E-state index contributed by atoms with van der Waals surface area (Å²) in [5, 5.41) is 9.37. The molecule has 0 saturated heterocycles. The molecule has 29 heavy (non-hydrogen) atoms. The fraction of sp³-hybridized carbons (Fsp3) is 0.500. The summed E-state index contributed by atoms with van der Waals surface area (Å²) in [5.74, 6) is -0.432. The highest BCUT2D eigenvalue weighted by molar-refractivity contribution is 8.00. The number of allylic oxidation sites excluding steroid dienone is 2. The highest BCUT2D eigenvalue weighted by atomic mass is 32.2. The first-order chi connectivity index (χ1) is 13.6. The van der Waals surface area contributed by atoms with Gasteiger partial charge in [-0.2, -0.15) is 13.2 Å². The average molecular weight is 428 g/mol. The number of aliphatic carboxylic acids is 1. The molecule has 2 unspecified atom stereocenters. The van der Waals surface area contributed by atoms with Crippen molar-refractivity contribution in [2.75, 3.05) is 6.54 Å². The van der Waals surface area contributed by atoms with E-state index in [4.69, 9.17) is 0 Å². The third-order valence-corrected chi connectivity index (χ3v) is 6.27. The van der Waals surface area contributed by atoms with Crippen LogP contribution in [0.25, 0.3) is 0 Å². The van der Waals surface area contributed by atoms with Gasteiger partial charge in [0, 0.05) is 18.0 Å². The first-order valence-electron chi connectivity index (χ1n) is 9.77. The number of carbonyl (C=O) groups is 1. The Morgan fingerprint density at radius 2 is 1.97 bits per heavy atom. The zero-order chi connectivity index (χ0) is 21.6. The zero-order valence-electron chi connectivity index (χ0n) is 16.9. The highest BCUT2D eigenvalue weighted by Gasteiger charge is 2.31. The summed E-state index contributed by atoms with van der Waals surface area (Å²) in [5.41, 5.74) is 0.345. The lowest BCUT2D eigenvalue weighted by Gasteiger charge is -2.34. The summed E-state index contributed by atoms with van der Waals surface area (Å²) >= 11 is 1.55. The van der Waals surface area contributed by atoms with Crippen molar-refractivity contribution in [1.29, 1.82) is 0 Å². The molecule has 0 radical (unpaired) electrons. The number of carboxylic acids is 1. The summed E-state index contributed by atoms with van der Waals surface area (Å²) < 4.78 is 38.7. The van der Waals surface area contributed by atoms with Gasteiger partial charge in [0.15, 0.2) is 0 Å². The fourth-order valence-electron chi connectivity index (χ4n) is 3.09. The first kappa shape index (κ1) is 23.4. The smallest absolute Gasteiger partial charge is 0.416 e. The van der Waals surface area contributed by atoms with Crippen LogP contribution in [-0.4, -0.2) is 33.1 Å². The number of alkyl halides is 3. The Balaban J connectivity index is 2.02. The Labute approximate surface area is 174 Å². The van der Waals surface area contributed by atoms with Crippen LogP contribution in [0, 0.1) is 5.92 Å². The van der Waals surface area contributed by atoms with Crippen LogP contribution in [0.5, 0.6) is 0 Å². The van der Waals surface area contributed by atoms with Crippen molar-refractivity contribution in [3.63, 3.8) is 0 Å². The molecule has 1 N–H and O–H groups in total. The minimum atomic E-state index is -4.34. The van der Waals surface area contributed by atoms with Gasteiger partial charge in [-0.25, -0.2) is 4.79 Å². The number of aryl methyl sites for hydroxylation is 1. The summed E-state index contributed by atoms with van der Waals surface area (Å²) in [7, 11) is 0. The third-order valence-electron chi connectivity index (χ3n) is 4.79. The van der Waals surface area contributed by atoms with Crippen molar-refractivity contribution in [1.82, 2.24) is 4.90 Å². The van der Waals surface area contributed by atoms with Crippen molar-refractivity contribution < 1.29 is 23.1 Å². The van der Waals surface area contributed by atoms with Gasteiger partial charge in [-0.1, -0.05) is 39.0 Å². The number of hydrogen-bond donors (Lipinski definition) is 1. The van der Waals surface area contributed by atoms with Gasteiger partial charge in [-0.3, -0.25) is 0 Å². The van der Waals surface area contributed by atoms with Crippen molar-refractivity contribution in [3.8, 4) is 0 Å². The summed E-state index contributed by atoms with van der Waals surface area (Å²) in [4.78, 5) is 13.7. The second-order valence-electron chi connectivity index (χ2n) is 7.72. The summed E-state index contributed by atoms with van der Waals surface area (Å²) in [6.07, 6.45) is 3.09. The molecule has 1 aromatic carbocycles. The maximum atomic E-state index is 12.9. The number of rotatable bonds is 9. The number of hydrogen-bond acceptors (Lipinski definition) is 3. The zero-order valence-corrected chi connectivity index (χ0v) is 17.8. The fourth-order valence-corrected chi connectivity index (χ4v) is 4.44. The Morgan fingerprint density at radius 3 is 2.59 bits per heavy atom. The molecule has 7 heteroatoms. The quantitative estimate of drug-likeness (QED) is 0.527. The largest absolute Gasteiger partial charge is 0.478 e. The molecule has 0 saturated carbocycles. The number of nitrogens with zero attached hydrogens (tertiary/aromatic N) is 1. The van der Waals surface area contributed by atoms with E-state index in [2.05, 4.69) is 18.7 Å². The standard InChI is InChI=1S/C22H28F3NO2S/c1-15(2)11-13-26-12-5-8-19(21(27)28)20(26)29-16(3)9-10-17-6-4-7-18(14-17)22(23,24)25/h4-8,12,14-16,20H,9-11,13H2,1-3H3,(H,27,28). The molecule has 0 amide bonds. The van der Waals surface area contributed by atoms with Crippen LogP contribution < -0.4 is 0 Å². The molecule has 0 bridgehead atoms. The molecule has 0 spiro atoms. The maximum Gasteiger partial charge on any atom is 0.416 e. The van der Waals surface area contributed by atoms with E-state index in [0.717, 1.165) is 19.0 Å². The second-order valence-corrected chi connectivity index (χ2v) is 9.25. The molecule has 1 aromatic rings. The molecule has 2 rings (SSSR count). The van der Waals surface area contributed by atoms with Gasteiger partial charge in [0.1, 0.15) is 5.37 Å². The van der Waals surface area contributed by atoms with Gasteiger partial charge in [0.25, 0.3) is 0 Å². The van der Waals surface area contributed by atoms with Gasteiger partial charge in [0.2, 0.25) is 0 Å². The van der Waals surface area contributed by atoms with E-state index in [1.165, 1.54) is 12.1 Å². The molecule has 1 aliphatic rings. The lowest BCUT2D eigenvalue weighted by molar-refractivity contribution is -0.137. The van der Waals surface area contributed by atoms with Crippen LogP contribution >= 0.6 is 11.8 Å². The molecule has 3 nitrogen and oxygen atoms in total. The molecule has 160 valence electrons. The van der Waals surface area contributed by atoms with Crippen LogP contribution in [-0.2, 0) is 17.4 Å². The van der Waals surface area contributed by atoms with Crippen molar-refractivity contribution in [3.05, 3.63) is 59.3 Å². The number of carboxylic acid groups (broad SMARTS) is 1. The molecule has 0 aromatic heterocycles. The van der Waals surface area contributed by atoms with Gasteiger partial charge in [-0.05, 0) is 49.0 Å². The molecule has 0 aliphatic carbocycles. The Hall–Kier alpha value is -1.89. The van der Waals surface area contributed by atoms with Crippen molar-refractivity contribution >= 4 is 17.7 Å². The average Bonchev–Trinajstić information content (AvgIpc) is 2.64. The van der Waals surface area contributed by atoms with E-state index >= 15 is 0 Å². The minimum Gasteiger partial charge on any atom is -0.478 e.